The average molecular weight is 404 g/mol. The molecule has 0 saturated carbocycles. The van der Waals surface area contributed by atoms with Gasteiger partial charge in [0.1, 0.15) is 5.82 Å². The third kappa shape index (κ3) is 5.74. The largest absolute Gasteiger partial charge is 0.419 e. The predicted molar refractivity (Wildman–Crippen MR) is 94.5 cm³/mol. The van der Waals surface area contributed by atoms with E-state index in [1.807, 2.05) is 0 Å². The first-order valence-corrected chi connectivity index (χ1v) is 9.06. The molecule has 0 amide bonds. The molecule has 2 aromatic carbocycles. The van der Waals surface area contributed by atoms with Gasteiger partial charge in [-0.2, -0.15) is 22.0 Å². The number of alkyl halides is 5. The van der Waals surface area contributed by atoms with Gasteiger partial charge in [-0.1, -0.05) is 50.1 Å². The average Bonchev–Trinajstić information content (AvgIpc) is 2.61. The highest BCUT2D eigenvalue weighted by Crippen LogP contribution is 2.37. The van der Waals surface area contributed by atoms with Crippen LogP contribution in [0.5, 0.6) is 0 Å². The Kier molecular flexibility index (Phi) is 7.15. The Labute approximate surface area is 160 Å². The van der Waals surface area contributed by atoms with E-state index in [4.69, 9.17) is 4.74 Å². The van der Waals surface area contributed by atoms with Gasteiger partial charge in [-0.25, -0.2) is 4.39 Å². The molecule has 0 bridgehead atoms. The quantitative estimate of drug-likeness (QED) is 0.329. The summed E-state index contributed by atoms with van der Waals surface area (Å²) in [6.07, 6.45) is -5.94. The summed E-state index contributed by atoms with van der Waals surface area (Å²) in [6.45, 7) is 3.31. The third-order valence-corrected chi connectivity index (χ3v) is 4.45. The number of unbranched alkanes of at least 4 members (excludes halogenated alkanes) is 2. The fourth-order valence-corrected chi connectivity index (χ4v) is 2.82. The van der Waals surface area contributed by atoms with Crippen molar-refractivity contribution in [3.63, 3.8) is 0 Å². The first-order chi connectivity index (χ1) is 13.0. The minimum Gasteiger partial charge on any atom is -0.309 e. The summed E-state index contributed by atoms with van der Waals surface area (Å²) in [5.41, 5.74) is -0.993. The molecule has 1 unspecified atom stereocenters. The van der Waals surface area contributed by atoms with Gasteiger partial charge in [0.15, 0.2) is 0 Å². The fraction of sp³-hybridized carbons (Fsp3) is 0.429. The lowest BCUT2D eigenvalue weighted by atomic mass is 10.0. The van der Waals surface area contributed by atoms with E-state index < -0.39 is 29.8 Å². The summed E-state index contributed by atoms with van der Waals surface area (Å²) in [5, 5.41) is 0. The maximum Gasteiger partial charge on any atom is 0.419 e. The van der Waals surface area contributed by atoms with E-state index in [1.54, 1.807) is 12.1 Å². The molecule has 0 fully saturated rings. The Morgan fingerprint density at radius 3 is 2.11 bits per heavy atom. The Balaban J connectivity index is 2.09. The van der Waals surface area contributed by atoms with E-state index in [0.717, 1.165) is 37.3 Å². The van der Waals surface area contributed by atoms with Crippen molar-refractivity contribution in [2.75, 3.05) is 0 Å². The van der Waals surface area contributed by atoms with E-state index in [0.29, 0.717) is 12.1 Å². The molecule has 2 rings (SSSR count). The van der Waals surface area contributed by atoms with Crippen molar-refractivity contribution in [3.8, 4) is 0 Å². The summed E-state index contributed by atoms with van der Waals surface area (Å²) < 4.78 is 85.1. The molecule has 0 saturated heterocycles. The number of aryl methyl sites for hydroxylation is 1. The molecule has 0 radical (unpaired) electrons. The van der Waals surface area contributed by atoms with Gasteiger partial charge in [-0.3, -0.25) is 0 Å². The number of ether oxygens (including phenoxy) is 1. The van der Waals surface area contributed by atoms with Crippen LogP contribution in [0.3, 0.4) is 0 Å². The van der Waals surface area contributed by atoms with Gasteiger partial charge in [-0.15, -0.1) is 0 Å². The zero-order valence-corrected chi connectivity index (χ0v) is 15.6. The Hall–Kier alpha value is -2.02. The van der Waals surface area contributed by atoms with Crippen LogP contribution in [0.25, 0.3) is 0 Å². The molecule has 1 atom stereocenters. The molecule has 1 nitrogen and oxygen atoms in total. The Morgan fingerprint density at radius 1 is 0.929 bits per heavy atom. The van der Waals surface area contributed by atoms with Crippen LogP contribution in [0.4, 0.5) is 26.3 Å². The van der Waals surface area contributed by atoms with E-state index in [9.17, 15) is 26.3 Å². The summed E-state index contributed by atoms with van der Waals surface area (Å²) in [7, 11) is 0. The van der Waals surface area contributed by atoms with Crippen LogP contribution in [0, 0.1) is 5.82 Å². The first kappa shape index (κ1) is 22.3. The summed E-state index contributed by atoms with van der Waals surface area (Å²) >= 11 is 0. The maximum atomic E-state index is 14.4. The van der Waals surface area contributed by atoms with Crippen LogP contribution < -0.4 is 0 Å². The van der Waals surface area contributed by atoms with Crippen molar-refractivity contribution in [1.29, 1.82) is 0 Å². The van der Waals surface area contributed by atoms with E-state index in [2.05, 4.69) is 6.92 Å². The first-order valence-electron chi connectivity index (χ1n) is 9.06. The van der Waals surface area contributed by atoms with Crippen molar-refractivity contribution < 1.29 is 31.1 Å². The van der Waals surface area contributed by atoms with E-state index in [-0.39, 0.29) is 11.1 Å². The van der Waals surface area contributed by atoms with Crippen LogP contribution in [0.2, 0.25) is 0 Å². The third-order valence-electron chi connectivity index (χ3n) is 4.45. The molecule has 7 heteroatoms. The van der Waals surface area contributed by atoms with Crippen molar-refractivity contribution in [2.45, 2.75) is 57.9 Å². The zero-order chi connectivity index (χ0) is 20.9. The van der Waals surface area contributed by atoms with Crippen LogP contribution in [-0.2, 0) is 23.4 Å². The van der Waals surface area contributed by atoms with Crippen molar-refractivity contribution >= 4 is 0 Å². The van der Waals surface area contributed by atoms with Crippen molar-refractivity contribution in [2.24, 2.45) is 0 Å². The second-order valence-electron chi connectivity index (χ2n) is 6.67. The smallest absolute Gasteiger partial charge is 0.309 e. The Bertz CT molecular complexity index is 767. The lowest BCUT2D eigenvalue weighted by Gasteiger charge is -2.23. The minimum atomic E-state index is -4.85. The van der Waals surface area contributed by atoms with Crippen LogP contribution >= 0.6 is 0 Å². The monoisotopic (exact) mass is 404 g/mol. The molecule has 2 aromatic rings. The van der Waals surface area contributed by atoms with E-state index in [1.165, 1.54) is 19.1 Å². The Morgan fingerprint density at radius 2 is 1.57 bits per heavy atom. The molecule has 0 N–H and O–H groups in total. The van der Waals surface area contributed by atoms with Gasteiger partial charge < -0.3 is 4.74 Å². The predicted octanol–water partition coefficient (Wildman–Crippen LogP) is 7.40. The molecule has 0 aliphatic rings. The van der Waals surface area contributed by atoms with Gasteiger partial charge in [0, 0.05) is 0 Å². The molecule has 0 aliphatic heterocycles. The van der Waals surface area contributed by atoms with Crippen molar-refractivity contribution in [3.05, 3.63) is 70.5 Å². The highest BCUT2D eigenvalue weighted by Gasteiger charge is 2.37. The van der Waals surface area contributed by atoms with Gasteiger partial charge >= 0.3 is 12.3 Å². The lowest BCUT2D eigenvalue weighted by Crippen LogP contribution is -2.20. The van der Waals surface area contributed by atoms with Gasteiger partial charge in [-0.05, 0) is 43.0 Å². The van der Waals surface area contributed by atoms with E-state index >= 15 is 0 Å². The molecule has 0 heterocycles. The molecule has 154 valence electrons. The molecular formula is C21H22F6O. The summed E-state index contributed by atoms with van der Waals surface area (Å²) in [5.74, 6) is -1.53. The molecule has 0 aliphatic carbocycles. The summed E-state index contributed by atoms with van der Waals surface area (Å²) in [4.78, 5) is 0. The van der Waals surface area contributed by atoms with Crippen LogP contribution in [-0.4, -0.2) is 0 Å². The number of halogens is 6. The van der Waals surface area contributed by atoms with Gasteiger partial charge in [0.05, 0.1) is 17.2 Å². The zero-order valence-electron chi connectivity index (χ0n) is 15.6. The highest BCUT2D eigenvalue weighted by atomic mass is 19.4. The topological polar surface area (TPSA) is 9.23 Å². The molecule has 28 heavy (non-hydrogen) atoms. The lowest BCUT2D eigenvalue weighted by molar-refractivity contribution is -0.272. The molecule has 0 aromatic heterocycles. The maximum absolute atomic E-state index is 14.4. The molecular weight excluding hydrogens is 382 g/mol. The van der Waals surface area contributed by atoms with Gasteiger partial charge in [0.25, 0.3) is 0 Å². The second-order valence-corrected chi connectivity index (χ2v) is 6.67. The highest BCUT2D eigenvalue weighted by molar-refractivity contribution is 5.28. The van der Waals surface area contributed by atoms with Crippen LogP contribution in [0.15, 0.2) is 42.5 Å². The number of benzene rings is 2. The summed E-state index contributed by atoms with van der Waals surface area (Å²) in [6, 6.07) is 7.76. The normalized spacial score (nSPS) is 13.6. The molecule has 0 spiro atoms. The standard InChI is InChI=1S/C21H22F6O/c1-3-4-5-6-15-7-10-17(11-8-15)21(26,27)28-14(2)16-9-12-18(19(22)13-16)20(23,24)25/h7-14H,3-6H2,1-2H3. The minimum absolute atomic E-state index is 0.110. The number of hydrogen-bond acceptors (Lipinski definition) is 1. The number of rotatable bonds is 8. The SMILES string of the molecule is CCCCCc1ccc(C(F)(F)OC(C)c2ccc(C(F)(F)F)c(F)c2)cc1. The second kappa shape index (κ2) is 8.99. The fourth-order valence-electron chi connectivity index (χ4n) is 2.82. The number of hydrogen-bond donors (Lipinski definition) is 0. The van der Waals surface area contributed by atoms with Crippen LogP contribution in [0.1, 0.15) is 61.5 Å². The van der Waals surface area contributed by atoms with Gasteiger partial charge in [0.2, 0.25) is 0 Å². The van der Waals surface area contributed by atoms with Crippen molar-refractivity contribution in [1.82, 2.24) is 0 Å².